The van der Waals surface area contributed by atoms with E-state index < -0.39 is 6.17 Å². The van der Waals surface area contributed by atoms with Crippen LogP contribution in [0.1, 0.15) is 39.6 Å². The Bertz CT molecular complexity index is 989. The van der Waals surface area contributed by atoms with E-state index in [2.05, 4.69) is 25.1 Å². The van der Waals surface area contributed by atoms with Crippen molar-refractivity contribution in [3.63, 3.8) is 0 Å². The van der Waals surface area contributed by atoms with Gasteiger partial charge in [-0.1, -0.05) is 30.3 Å². The summed E-state index contributed by atoms with van der Waals surface area (Å²) in [5.41, 5.74) is 1.68. The SMILES string of the molecule is Cc1ccc(COCC2CCC(F)C2c2ccc3c(C#N)cccc3c2)s1. The zero-order valence-electron chi connectivity index (χ0n) is 15.3. The Kier molecular flexibility index (Phi) is 5.24. The number of halogens is 1. The van der Waals surface area contributed by atoms with Gasteiger partial charge in [0.05, 0.1) is 24.8 Å². The molecular weight excluding hydrogens is 357 g/mol. The van der Waals surface area contributed by atoms with E-state index in [-0.39, 0.29) is 11.8 Å². The van der Waals surface area contributed by atoms with Gasteiger partial charge in [0.1, 0.15) is 6.17 Å². The fourth-order valence-electron chi connectivity index (χ4n) is 4.18. The lowest BCUT2D eigenvalue weighted by molar-refractivity contribution is 0.0812. The Labute approximate surface area is 163 Å². The minimum Gasteiger partial charge on any atom is -0.376 e. The summed E-state index contributed by atoms with van der Waals surface area (Å²) in [5.74, 6) is 0.0582. The molecule has 4 rings (SSSR count). The van der Waals surface area contributed by atoms with Gasteiger partial charge < -0.3 is 4.74 Å². The van der Waals surface area contributed by atoms with E-state index in [1.807, 2.05) is 36.4 Å². The fourth-order valence-corrected chi connectivity index (χ4v) is 5.00. The molecule has 1 aliphatic carbocycles. The Morgan fingerprint density at radius 3 is 2.85 bits per heavy atom. The van der Waals surface area contributed by atoms with Gasteiger partial charge in [0.15, 0.2) is 0 Å². The van der Waals surface area contributed by atoms with Crippen molar-refractivity contribution in [2.24, 2.45) is 5.92 Å². The second-order valence-electron chi connectivity index (χ2n) is 7.30. The molecule has 4 heteroatoms. The Morgan fingerprint density at radius 1 is 1.19 bits per heavy atom. The number of fused-ring (bicyclic) bond motifs is 1. The third-order valence-corrected chi connectivity index (χ3v) is 6.47. The maximum atomic E-state index is 14.7. The number of hydrogen-bond acceptors (Lipinski definition) is 3. The van der Waals surface area contributed by atoms with Crippen LogP contribution in [0.5, 0.6) is 0 Å². The van der Waals surface area contributed by atoms with Gasteiger partial charge in [-0.3, -0.25) is 0 Å². The molecule has 0 spiro atoms. The van der Waals surface area contributed by atoms with Gasteiger partial charge in [0.25, 0.3) is 0 Å². The largest absolute Gasteiger partial charge is 0.376 e. The average molecular weight is 380 g/mol. The molecule has 0 N–H and O–H groups in total. The molecule has 3 unspecified atom stereocenters. The molecule has 2 aromatic carbocycles. The van der Waals surface area contributed by atoms with Gasteiger partial charge in [-0.15, -0.1) is 11.3 Å². The summed E-state index contributed by atoms with van der Waals surface area (Å²) in [6.07, 6.45) is 0.609. The first-order valence-corrected chi connectivity index (χ1v) is 10.2. The topological polar surface area (TPSA) is 33.0 Å². The molecule has 1 aliphatic rings. The minimum absolute atomic E-state index is 0.134. The van der Waals surface area contributed by atoms with Crippen LogP contribution < -0.4 is 0 Å². The highest BCUT2D eigenvalue weighted by Crippen LogP contribution is 2.43. The smallest absolute Gasteiger partial charge is 0.107 e. The van der Waals surface area contributed by atoms with Crippen LogP contribution in [-0.2, 0) is 11.3 Å². The van der Waals surface area contributed by atoms with Crippen LogP contribution in [0, 0.1) is 24.2 Å². The van der Waals surface area contributed by atoms with Gasteiger partial charge in [-0.25, -0.2) is 4.39 Å². The highest BCUT2D eigenvalue weighted by atomic mass is 32.1. The molecule has 138 valence electrons. The third kappa shape index (κ3) is 3.76. The van der Waals surface area contributed by atoms with Gasteiger partial charge in [0, 0.05) is 15.7 Å². The zero-order valence-corrected chi connectivity index (χ0v) is 16.1. The van der Waals surface area contributed by atoms with Crippen LogP contribution in [0.25, 0.3) is 10.8 Å². The molecule has 0 saturated heterocycles. The number of nitriles is 1. The first kappa shape index (κ1) is 18.2. The maximum absolute atomic E-state index is 14.7. The first-order valence-electron chi connectivity index (χ1n) is 9.35. The van der Waals surface area contributed by atoms with Gasteiger partial charge in [0.2, 0.25) is 0 Å². The third-order valence-electron chi connectivity index (χ3n) is 5.49. The molecule has 1 fully saturated rings. The molecule has 2 nitrogen and oxygen atoms in total. The quantitative estimate of drug-likeness (QED) is 0.534. The van der Waals surface area contributed by atoms with Crippen LogP contribution in [0.2, 0.25) is 0 Å². The summed E-state index contributed by atoms with van der Waals surface area (Å²) in [4.78, 5) is 2.50. The molecule has 27 heavy (non-hydrogen) atoms. The second kappa shape index (κ2) is 7.80. The van der Waals surface area contributed by atoms with E-state index in [9.17, 15) is 9.65 Å². The predicted molar refractivity (Wildman–Crippen MR) is 108 cm³/mol. The van der Waals surface area contributed by atoms with Gasteiger partial charge in [-0.2, -0.15) is 5.26 Å². The summed E-state index contributed by atoms with van der Waals surface area (Å²) >= 11 is 1.75. The number of benzene rings is 2. The second-order valence-corrected chi connectivity index (χ2v) is 8.68. The van der Waals surface area contributed by atoms with Crippen molar-refractivity contribution in [2.75, 3.05) is 6.61 Å². The van der Waals surface area contributed by atoms with Gasteiger partial charge >= 0.3 is 0 Å². The van der Waals surface area contributed by atoms with Crippen molar-refractivity contribution >= 4 is 22.1 Å². The van der Waals surface area contributed by atoms with E-state index in [1.54, 1.807) is 11.3 Å². The molecule has 0 bridgehead atoms. The van der Waals surface area contributed by atoms with Crippen LogP contribution in [0.15, 0.2) is 48.5 Å². The molecule has 3 aromatic rings. The summed E-state index contributed by atoms with van der Waals surface area (Å²) < 4.78 is 20.7. The summed E-state index contributed by atoms with van der Waals surface area (Å²) in [6.45, 7) is 3.27. The zero-order chi connectivity index (χ0) is 18.8. The molecule has 0 aliphatic heterocycles. The highest BCUT2D eigenvalue weighted by Gasteiger charge is 2.37. The van der Waals surface area contributed by atoms with Crippen LogP contribution in [0.4, 0.5) is 4.39 Å². The van der Waals surface area contributed by atoms with Crippen molar-refractivity contribution in [3.8, 4) is 6.07 Å². The molecular formula is C23H22FNOS. The normalized spacial score (nSPS) is 22.2. The fraction of sp³-hybridized carbons (Fsp3) is 0.348. The van der Waals surface area contributed by atoms with E-state index in [1.165, 1.54) is 9.75 Å². The number of alkyl halides is 1. The van der Waals surface area contributed by atoms with E-state index >= 15 is 0 Å². The summed E-state index contributed by atoms with van der Waals surface area (Å²) in [6, 6.07) is 18.1. The molecule has 0 amide bonds. The number of aryl methyl sites for hydroxylation is 1. The van der Waals surface area contributed by atoms with Crippen molar-refractivity contribution < 1.29 is 9.13 Å². The Morgan fingerprint density at radius 2 is 2.07 bits per heavy atom. The van der Waals surface area contributed by atoms with E-state index in [0.29, 0.717) is 25.2 Å². The average Bonchev–Trinajstić information content (AvgIpc) is 3.26. The van der Waals surface area contributed by atoms with Crippen molar-refractivity contribution in [1.29, 1.82) is 5.26 Å². The van der Waals surface area contributed by atoms with Crippen molar-refractivity contribution in [2.45, 2.75) is 38.5 Å². The maximum Gasteiger partial charge on any atom is 0.107 e. The van der Waals surface area contributed by atoms with Gasteiger partial charge in [-0.05, 0) is 60.2 Å². The van der Waals surface area contributed by atoms with Crippen LogP contribution >= 0.6 is 11.3 Å². The summed E-state index contributed by atoms with van der Waals surface area (Å²) in [5, 5.41) is 11.2. The Hall–Kier alpha value is -2.22. The minimum atomic E-state index is -0.834. The lowest BCUT2D eigenvalue weighted by atomic mass is 9.87. The van der Waals surface area contributed by atoms with Crippen LogP contribution in [0.3, 0.4) is 0 Å². The summed E-state index contributed by atoms with van der Waals surface area (Å²) in [7, 11) is 0. The van der Waals surface area contributed by atoms with Crippen molar-refractivity contribution in [3.05, 3.63) is 69.4 Å². The number of nitrogens with zero attached hydrogens (tertiary/aromatic N) is 1. The molecule has 0 radical (unpaired) electrons. The predicted octanol–water partition coefficient (Wildman–Crippen LogP) is 6.13. The number of rotatable bonds is 5. The highest BCUT2D eigenvalue weighted by molar-refractivity contribution is 7.11. The molecule has 3 atom stereocenters. The molecule has 1 heterocycles. The lowest BCUT2D eigenvalue weighted by Gasteiger charge is -2.22. The Balaban J connectivity index is 1.51. The number of thiophene rings is 1. The van der Waals surface area contributed by atoms with E-state index in [0.717, 1.165) is 22.8 Å². The van der Waals surface area contributed by atoms with Crippen LogP contribution in [-0.4, -0.2) is 12.8 Å². The lowest BCUT2D eigenvalue weighted by Crippen LogP contribution is -2.18. The molecule has 1 aromatic heterocycles. The van der Waals surface area contributed by atoms with Crippen molar-refractivity contribution in [1.82, 2.24) is 0 Å². The number of hydrogen-bond donors (Lipinski definition) is 0. The number of ether oxygens (including phenoxy) is 1. The van der Waals surface area contributed by atoms with E-state index in [4.69, 9.17) is 4.74 Å². The standard InChI is InChI=1S/C23H22FNOS/c1-15-5-8-20(27-15)14-26-13-19-7-10-22(24)23(19)17-6-9-21-16(11-17)3-2-4-18(21)12-25/h2-6,8-9,11,19,22-23H,7,10,13-14H2,1H3. The molecule has 1 saturated carbocycles. The first-order chi connectivity index (χ1) is 13.2. The monoisotopic (exact) mass is 379 g/mol.